The van der Waals surface area contributed by atoms with E-state index in [1.54, 1.807) is 0 Å². The van der Waals surface area contributed by atoms with Crippen LogP contribution in [-0.4, -0.2) is 48.5 Å². The number of carbonyl (C=O) groups is 2. The Labute approximate surface area is 217 Å². The first-order valence-corrected chi connectivity index (χ1v) is 10.9. The first-order chi connectivity index (χ1) is 15.4. The van der Waals surface area contributed by atoms with Crippen molar-refractivity contribution in [1.82, 2.24) is 25.5 Å². The van der Waals surface area contributed by atoms with Crippen molar-refractivity contribution in [3.05, 3.63) is 54.1 Å². The van der Waals surface area contributed by atoms with Crippen LogP contribution in [0.15, 0.2) is 48.5 Å². The molecule has 0 spiro atoms. The standard InChI is InChI=1S/C24H29N5O3.Na.H/c1-4-5-10-21(30)29(22(16(2)3)24(31)32)15-17-11-13-18(14-12-17)19-8-6-7-9-20(19)23-25-27-28-26-23;;/h6-9,11-14,16,22H,4-5,10,15H2,1-3H3,(H,31,32)(H,25,26,27,28);;/q;+1;-1/t22-;;/m0../s1. The second kappa shape index (κ2) is 12.6. The zero-order chi connectivity index (χ0) is 23.1. The summed E-state index contributed by atoms with van der Waals surface area (Å²) in [7, 11) is 0. The molecule has 0 aliphatic carbocycles. The molecule has 8 nitrogen and oxygen atoms in total. The van der Waals surface area contributed by atoms with E-state index in [4.69, 9.17) is 0 Å². The maximum Gasteiger partial charge on any atom is 1.00 e. The third kappa shape index (κ3) is 6.72. The minimum Gasteiger partial charge on any atom is -1.00 e. The molecule has 0 saturated heterocycles. The average molecular weight is 460 g/mol. The maximum atomic E-state index is 12.9. The zero-order valence-electron chi connectivity index (χ0n) is 20.7. The fourth-order valence-electron chi connectivity index (χ4n) is 3.78. The molecule has 170 valence electrons. The number of carboxylic acids is 1. The Morgan fingerprint density at radius 1 is 1.09 bits per heavy atom. The van der Waals surface area contributed by atoms with E-state index in [0.717, 1.165) is 35.1 Å². The van der Waals surface area contributed by atoms with E-state index < -0.39 is 12.0 Å². The molecule has 3 rings (SSSR count). The van der Waals surface area contributed by atoms with Crippen molar-refractivity contribution < 1.29 is 45.7 Å². The van der Waals surface area contributed by atoms with E-state index in [2.05, 4.69) is 20.6 Å². The second-order valence-electron chi connectivity index (χ2n) is 8.13. The molecule has 1 atom stereocenters. The van der Waals surface area contributed by atoms with Crippen LogP contribution < -0.4 is 29.6 Å². The van der Waals surface area contributed by atoms with E-state index >= 15 is 0 Å². The summed E-state index contributed by atoms with van der Waals surface area (Å²) in [6.07, 6.45) is 1.97. The fourth-order valence-corrected chi connectivity index (χ4v) is 3.78. The molecular weight excluding hydrogens is 429 g/mol. The number of amides is 1. The van der Waals surface area contributed by atoms with Gasteiger partial charge in [-0.1, -0.05) is 75.7 Å². The summed E-state index contributed by atoms with van der Waals surface area (Å²) in [6.45, 7) is 5.93. The summed E-state index contributed by atoms with van der Waals surface area (Å²) in [5.41, 5.74) is 3.66. The first-order valence-electron chi connectivity index (χ1n) is 10.9. The average Bonchev–Trinajstić information content (AvgIpc) is 3.32. The van der Waals surface area contributed by atoms with E-state index in [-0.39, 0.29) is 49.4 Å². The van der Waals surface area contributed by atoms with Gasteiger partial charge in [-0.15, -0.1) is 10.2 Å². The van der Waals surface area contributed by atoms with Gasteiger partial charge >= 0.3 is 35.5 Å². The molecule has 2 aromatic carbocycles. The summed E-state index contributed by atoms with van der Waals surface area (Å²) >= 11 is 0. The van der Waals surface area contributed by atoms with Gasteiger partial charge in [-0.05, 0) is 34.2 Å². The molecule has 33 heavy (non-hydrogen) atoms. The van der Waals surface area contributed by atoms with Gasteiger partial charge in [-0.2, -0.15) is 5.21 Å². The molecule has 1 heterocycles. The minimum absolute atomic E-state index is 0. The Bertz CT molecular complexity index is 1050. The molecule has 2 N–H and O–H groups in total. The Kier molecular flexibility index (Phi) is 10.2. The SMILES string of the molecule is CCCCC(=O)N(Cc1ccc(-c2ccccc2-c2nn[nH]n2)cc1)[C@H](C(=O)O)C(C)C.[H-].[Na+]. The monoisotopic (exact) mass is 459 g/mol. The molecule has 0 unspecified atom stereocenters. The number of aromatic nitrogens is 4. The molecule has 0 saturated carbocycles. The number of nitrogens with one attached hydrogen (secondary N) is 1. The predicted molar refractivity (Wildman–Crippen MR) is 122 cm³/mol. The molecule has 0 bridgehead atoms. The zero-order valence-corrected chi connectivity index (χ0v) is 21.7. The predicted octanol–water partition coefficient (Wildman–Crippen LogP) is 1.28. The molecule has 9 heteroatoms. The molecule has 3 aromatic rings. The first kappa shape index (κ1) is 26.7. The fraction of sp³-hybridized carbons (Fsp3) is 0.375. The topological polar surface area (TPSA) is 112 Å². The number of tetrazole rings is 1. The molecule has 0 aliphatic rings. The van der Waals surface area contributed by atoms with Crippen molar-refractivity contribution in [2.45, 2.75) is 52.6 Å². The van der Waals surface area contributed by atoms with Crippen LogP contribution in [-0.2, 0) is 16.1 Å². The Hall–Kier alpha value is -2.55. The van der Waals surface area contributed by atoms with Crippen molar-refractivity contribution >= 4 is 11.9 Å². The summed E-state index contributed by atoms with van der Waals surface area (Å²) < 4.78 is 0. The summed E-state index contributed by atoms with van der Waals surface area (Å²) in [5, 5.41) is 24.0. The van der Waals surface area contributed by atoms with Gasteiger partial charge in [-0.3, -0.25) is 4.79 Å². The number of nitrogens with zero attached hydrogens (tertiary/aromatic N) is 4. The van der Waals surface area contributed by atoms with Crippen molar-refractivity contribution in [3.63, 3.8) is 0 Å². The van der Waals surface area contributed by atoms with Crippen LogP contribution >= 0.6 is 0 Å². The van der Waals surface area contributed by atoms with Gasteiger partial charge in [0.05, 0.1) is 0 Å². The number of rotatable bonds is 10. The molecular formula is C24H30N5NaO3. The van der Waals surface area contributed by atoms with E-state index in [1.807, 2.05) is 69.3 Å². The van der Waals surface area contributed by atoms with Crippen LogP contribution in [0.1, 0.15) is 47.0 Å². The molecule has 0 radical (unpaired) electrons. The molecule has 0 fully saturated rings. The van der Waals surface area contributed by atoms with Crippen molar-refractivity contribution in [1.29, 1.82) is 0 Å². The minimum atomic E-state index is -0.976. The maximum absolute atomic E-state index is 12.9. The van der Waals surface area contributed by atoms with Gasteiger partial charge < -0.3 is 11.4 Å². The number of hydrogen-bond acceptors (Lipinski definition) is 5. The van der Waals surface area contributed by atoms with E-state index in [9.17, 15) is 14.7 Å². The van der Waals surface area contributed by atoms with Crippen LogP contribution in [0.2, 0.25) is 0 Å². The molecule has 1 aromatic heterocycles. The van der Waals surface area contributed by atoms with Gasteiger partial charge in [0.2, 0.25) is 11.7 Å². The van der Waals surface area contributed by atoms with Crippen molar-refractivity contribution in [3.8, 4) is 22.5 Å². The van der Waals surface area contributed by atoms with Crippen LogP contribution in [0, 0.1) is 5.92 Å². The third-order valence-corrected chi connectivity index (χ3v) is 5.42. The third-order valence-electron chi connectivity index (χ3n) is 5.42. The second-order valence-corrected chi connectivity index (χ2v) is 8.13. The smallest absolute Gasteiger partial charge is 1.00 e. The number of carbonyl (C=O) groups excluding carboxylic acids is 1. The van der Waals surface area contributed by atoms with Crippen LogP contribution in [0.4, 0.5) is 0 Å². The molecule has 1 amide bonds. The Morgan fingerprint density at radius 3 is 2.30 bits per heavy atom. The van der Waals surface area contributed by atoms with Gasteiger partial charge in [-0.25, -0.2) is 4.79 Å². The normalized spacial score (nSPS) is 11.6. The van der Waals surface area contributed by atoms with E-state index in [0.29, 0.717) is 12.2 Å². The number of unbranched alkanes of at least 4 members (excludes halogenated alkanes) is 1. The van der Waals surface area contributed by atoms with Crippen molar-refractivity contribution in [2.24, 2.45) is 5.92 Å². The molecule has 0 aliphatic heterocycles. The van der Waals surface area contributed by atoms with Crippen LogP contribution in [0.25, 0.3) is 22.5 Å². The Morgan fingerprint density at radius 2 is 1.76 bits per heavy atom. The van der Waals surface area contributed by atoms with Gasteiger partial charge in [0, 0.05) is 18.5 Å². The quantitative estimate of drug-likeness (QED) is 0.442. The Balaban J connectivity index is 0.00000289. The summed E-state index contributed by atoms with van der Waals surface area (Å²) in [5.74, 6) is -0.784. The number of H-pyrrole nitrogens is 1. The van der Waals surface area contributed by atoms with Crippen LogP contribution in [0.5, 0.6) is 0 Å². The van der Waals surface area contributed by atoms with Gasteiger partial charge in [0.1, 0.15) is 6.04 Å². The number of carboxylic acid groups (broad SMARTS) is 1. The number of aromatic amines is 1. The largest absolute Gasteiger partial charge is 1.00 e. The number of aliphatic carboxylic acids is 1. The summed E-state index contributed by atoms with van der Waals surface area (Å²) in [4.78, 5) is 26.3. The van der Waals surface area contributed by atoms with Gasteiger partial charge in [0.15, 0.2) is 0 Å². The number of benzene rings is 2. The van der Waals surface area contributed by atoms with E-state index in [1.165, 1.54) is 4.90 Å². The van der Waals surface area contributed by atoms with Crippen molar-refractivity contribution in [2.75, 3.05) is 0 Å². The summed E-state index contributed by atoms with van der Waals surface area (Å²) in [6, 6.07) is 14.7. The van der Waals surface area contributed by atoms with Gasteiger partial charge in [0.25, 0.3) is 0 Å². The number of hydrogen-bond donors (Lipinski definition) is 2. The van der Waals surface area contributed by atoms with Crippen LogP contribution in [0.3, 0.4) is 0 Å².